The first-order valence-electron chi connectivity index (χ1n) is 7.04. The molecule has 0 amide bonds. The lowest BCUT2D eigenvalue weighted by atomic mass is 10.1. The number of benzene rings is 1. The van der Waals surface area contributed by atoms with E-state index in [4.69, 9.17) is 0 Å². The largest absolute Gasteiger partial charge is 0.313 e. The molecule has 0 saturated carbocycles. The number of hydrogen-bond donors (Lipinski definition) is 2. The van der Waals surface area contributed by atoms with E-state index in [0.717, 1.165) is 35.6 Å². The van der Waals surface area contributed by atoms with Gasteiger partial charge < -0.3 is 5.32 Å². The maximum absolute atomic E-state index is 12.6. The predicted molar refractivity (Wildman–Crippen MR) is 92.3 cm³/mol. The van der Waals surface area contributed by atoms with Gasteiger partial charge in [-0.3, -0.25) is 0 Å². The second-order valence-electron chi connectivity index (χ2n) is 5.19. The van der Waals surface area contributed by atoms with E-state index in [1.165, 1.54) is 0 Å². The first-order chi connectivity index (χ1) is 9.94. The highest BCUT2D eigenvalue weighted by atomic mass is 79.9. The molecule has 0 aliphatic carbocycles. The lowest BCUT2D eigenvalue weighted by Gasteiger charge is -2.15. The second kappa shape index (κ2) is 7.46. The molecule has 0 spiro atoms. The number of rotatable bonds is 6. The summed E-state index contributed by atoms with van der Waals surface area (Å²) >= 11 is 5.21. The van der Waals surface area contributed by atoms with Crippen molar-refractivity contribution in [1.29, 1.82) is 0 Å². The first kappa shape index (κ1) is 17.3. The van der Waals surface area contributed by atoms with Gasteiger partial charge in [-0.05, 0) is 58.8 Å². The summed E-state index contributed by atoms with van der Waals surface area (Å²) in [5, 5.41) is 3.23. The van der Waals surface area contributed by atoms with Crippen LogP contribution in [0.5, 0.6) is 0 Å². The zero-order chi connectivity index (χ0) is 15.5. The zero-order valence-corrected chi connectivity index (χ0v) is 15.5. The van der Waals surface area contributed by atoms with Crippen molar-refractivity contribution in [2.24, 2.45) is 0 Å². The number of hydrogen-bond acceptors (Lipinski definition) is 4. The third-order valence-electron chi connectivity index (χ3n) is 3.40. The topological polar surface area (TPSA) is 58.2 Å². The van der Waals surface area contributed by atoms with Gasteiger partial charge in [0.1, 0.15) is 0 Å². The molecule has 1 aliphatic heterocycles. The van der Waals surface area contributed by atoms with Crippen LogP contribution in [0.3, 0.4) is 0 Å². The maximum Gasteiger partial charge on any atom is 0.241 e. The van der Waals surface area contributed by atoms with E-state index in [9.17, 15) is 8.42 Å². The second-order valence-corrected chi connectivity index (χ2v) is 8.81. The monoisotopic (exact) mass is 392 g/mol. The Hall–Kier alpha value is -0.0800. The van der Waals surface area contributed by atoms with Gasteiger partial charge in [0, 0.05) is 22.8 Å². The summed E-state index contributed by atoms with van der Waals surface area (Å²) in [4.78, 5) is 0.340. The van der Waals surface area contributed by atoms with Crippen molar-refractivity contribution < 1.29 is 8.42 Å². The minimum absolute atomic E-state index is 0.0460. The number of halogens is 1. The molecule has 1 aliphatic rings. The standard InChI is InChI=1S/C14H21BrN2O2S2/c1-3-16-8-11-6-10(2)14(15)13(7-11)21(18,19)17-12-4-5-20-9-12/h6-7,12,16-17H,3-5,8-9H2,1-2H3. The van der Waals surface area contributed by atoms with E-state index in [-0.39, 0.29) is 6.04 Å². The van der Waals surface area contributed by atoms with E-state index in [0.29, 0.717) is 15.9 Å². The lowest BCUT2D eigenvalue weighted by molar-refractivity contribution is 0.562. The Morgan fingerprint density at radius 2 is 2.19 bits per heavy atom. The number of aryl methyl sites for hydroxylation is 1. The zero-order valence-electron chi connectivity index (χ0n) is 12.3. The SMILES string of the molecule is CCNCc1cc(C)c(Br)c(S(=O)(=O)NC2CCSC2)c1. The van der Waals surface area contributed by atoms with Gasteiger partial charge in [0.05, 0.1) is 4.90 Å². The quantitative estimate of drug-likeness (QED) is 0.780. The average molecular weight is 393 g/mol. The molecule has 118 valence electrons. The van der Waals surface area contributed by atoms with Crippen LogP contribution in [-0.2, 0) is 16.6 Å². The van der Waals surface area contributed by atoms with Gasteiger partial charge in [0.2, 0.25) is 10.0 Å². The molecule has 1 aromatic rings. The summed E-state index contributed by atoms with van der Waals surface area (Å²) in [6.45, 7) is 5.48. The molecule has 4 nitrogen and oxygen atoms in total. The van der Waals surface area contributed by atoms with Crippen molar-refractivity contribution in [3.05, 3.63) is 27.7 Å². The Morgan fingerprint density at radius 3 is 2.81 bits per heavy atom. The van der Waals surface area contributed by atoms with Gasteiger partial charge in [0.15, 0.2) is 0 Å². The van der Waals surface area contributed by atoms with Crippen LogP contribution in [-0.4, -0.2) is 32.5 Å². The van der Waals surface area contributed by atoms with E-state index in [1.807, 2.05) is 19.9 Å². The average Bonchev–Trinajstić information content (AvgIpc) is 2.91. The van der Waals surface area contributed by atoms with Gasteiger partial charge in [0.25, 0.3) is 0 Å². The van der Waals surface area contributed by atoms with Crippen LogP contribution in [0.4, 0.5) is 0 Å². The van der Waals surface area contributed by atoms with Crippen LogP contribution in [0.2, 0.25) is 0 Å². The summed E-state index contributed by atoms with van der Waals surface area (Å²) in [5.41, 5.74) is 1.92. The summed E-state index contributed by atoms with van der Waals surface area (Å²) in [5.74, 6) is 1.88. The maximum atomic E-state index is 12.6. The van der Waals surface area contributed by atoms with Crippen molar-refractivity contribution in [2.45, 2.75) is 37.8 Å². The number of sulfonamides is 1. The summed E-state index contributed by atoms with van der Waals surface area (Å²) < 4.78 is 28.7. The molecule has 1 fully saturated rings. The molecule has 2 N–H and O–H groups in total. The molecule has 1 heterocycles. The molecule has 21 heavy (non-hydrogen) atoms. The van der Waals surface area contributed by atoms with Crippen LogP contribution >= 0.6 is 27.7 Å². The fraction of sp³-hybridized carbons (Fsp3) is 0.571. The highest BCUT2D eigenvalue weighted by Gasteiger charge is 2.25. The van der Waals surface area contributed by atoms with Crippen LogP contribution in [0, 0.1) is 6.92 Å². The molecule has 2 rings (SSSR count). The predicted octanol–water partition coefficient (Wildman–Crippen LogP) is 2.65. The molecule has 0 aromatic heterocycles. The summed E-state index contributed by atoms with van der Waals surface area (Å²) in [6, 6.07) is 3.81. The van der Waals surface area contributed by atoms with E-state index in [2.05, 4.69) is 26.0 Å². The van der Waals surface area contributed by atoms with Gasteiger partial charge >= 0.3 is 0 Å². The van der Waals surface area contributed by atoms with Crippen LogP contribution < -0.4 is 10.0 Å². The Kier molecular flexibility index (Phi) is 6.14. The minimum Gasteiger partial charge on any atom is -0.313 e. The molecule has 1 unspecified atom stereocenters. The van der Waals surface area contributed by atoms with Gasteiger partial charge in [-0.1, -0.05) is 13.0 Å². The van der Waals surface area contributed by atoms with Gasteiger partial charge in [-0.25, -0.2) is 13.1 Å². The van der Waals surface area contributed by atoms with Gasteiger partial charge in [-0.2, -0.15) is 11.8 Å². The Balaban J connectivity index is 2.29. The van der Waals surface area contributed by atoms with Gasteiger partial charge in [-0.15, -0.1) is 0 Å². The molecule has 7 heteroatoms. The van der Waals surface area contributed by atoms with Crippen molar-refractivity contribution in [2.75, 3.05) is 18.1 Å². The molecular weight excluding hydrogens is 372 g/mol. The van der Waals surface area contributed by atoms with E-state index in [1.54, 1.807) is 17.8 Å². The number of thioether (sulfide) groups is 1. The third kappa shape index (κ3) is 4.45. The minimum atomic E-state index is -3.48. The van der Waals surface area contributed by atoms with E-state index < -0.39 is 10.0 Å². The third-order valence-corrected chi connectivity index (χ3v) is 7.42. The van der Waals surface area contributed by atoms with Crippen LogP contribution in [0.25, 0.3) is 0 Å². The molecule has 1 atom stereocenters. The number of nitrogens with one attached hydrogen (secondary N) is 2. The van der Waals surface area contributed by atoms with Crippen molar-refractivity contribution in [3.63, 3.8) is 0 Å². The molecular formula is C14H21BrN2O2S2. The lowest BCUT2D eigenvalue weighted by Crippen LogP contribution is -2.35. The normalized spacial score (nSPS) is 19.1. The molecule has 1 aromatic carbocycles. The van der Waals surface area contributed by atoms with Crippen LogP contribution in [0.1, 0.15) is 24.5 Å². The van der Waals surface area contributed by atoms with Crippen molar-refractivity contribution >= 4 is 37.7 Å². The van der Waals surface area contributed by atoms with Crippen molar-refractivity contribution in [1.82, 2.24) is 10.0 Å². The Morgan fingerprint density at radius 1 is 1.43 bits per heavy atom. The van der Waals surface area contributed by atoms with Crippen molar-refractivity contribution in [3.8, 4) is 0 Å². The summed E-state index contributed by atoms with van der Waals surface area (Å²) in [7, 11) is -3.48. The Bertz CT molecular complexity index is 599. The first-order valence-corrected chi connectivity index (χ1v) is 10.5. The van der Waals surface area contributed by atoms with Crippen LogP contribution in [0.15, 0.2) is 21.5 Å². The highest BCUT2D eigenvalue weighted by molar-refractivity contribution is 9.10. The fourth-order valence-electron chi connectivity index (χ4n) is 2.29. The molecule has 1 saturated heterocycles. The highest BCUT2D eigenvalue weighted by Crippen LogP contribution is 2.28. The summed E-state index contributed by atoms with van der Waals surface area (Å²) in [6.07, 6.45) is 0.900. The smallest absolute Gasteiger partial charge is 0.241 e. The fourth-order valence-corrected chi connectivity index (χ4v) is 5.88. The molecule has 0 radical (unpaired) electrons. The molecule has 0 bridgehead atoms. The Labute approximate surface area is 139 Å². The van der Waals surface area contributed by atoms with E-state index >= 15 is 0 Å².